The van der Waals surface area contributed by atoms with E-state index in [1.54, 1.807) is 25.0 Å². The highest BCUT2D eigenvalue weighted by Crippen LogP contribution is 2.23. The molecule has 0 aliphatic heterocycles. The van der Waals surface area contributed by atoms with E-state index in [0.717, 1.165) is 12.1 Å². The minimum atomic E-state index is -1.41. The number of phenols is 1. The van der Waals surface area contributed by atoms with Crippen LogP contribution in [-0.4, -0.2) is 36.2 Å². The quantitative estimate of drug-likeness (QED) is 0.357. The topological polar surface area (TPSA) is 187 Å². The molecule has 25 heavy (non-hydrogen) atoms. The predicted molar refractivity (Wildman–Crippen MR) is 83.5 cm³/mol. The molecule has 6 N–H and O–H groups in total. The number of nitrogens with one attached hydrogen (secondary N) is 2. The Kier molecular flexibility index (Phi) is 5.69. The molecule has 0 aliphatic carbocycles. The third-order valence-electron chi connectivity index (χ3n) is 3.27. The van der Waals surface area contributed by atoms with Crippen molar-refractivity contribution in [1.29, 1.82) is 0 Å². The first-order valence-corrected chi connectivity index (χ1v) is 6.62. The van der Waals surface area contributed by atoms with Crippen molar-refractivity contribution in [3.8, 4) is 11.5 Å². The average Bonchev–Trinajstić information content (AvgIpc) is 2.87. The van der Waals surface area contributed by atoms with Gasteiger partial charge in [0.15, 0.2) is 0 Å². The molecule has 3 aromatic rings. The van der Waals surface area contributed by atoms with Crippen LogP contribution in [0.4, 0.5) is 0 Å². The number of nitrogens with zero attached hydrogens (tertiary/aromatic N) is 2. The van der Waals surface area contributed by atoms with E-state index < -0.39 is 28.7 Å². The molecule has 0 atom stereocenters. The predicted octanol–water partition coefficient (Wildman–Crippen LogP) is -2.28. The lowest BCUT2D eigenvalue weighted by atomic mass is 10.2. The average molecular weight is 352 g/mol. The van der Waals surface area contributed by atoms with Gasteiger partial charge in [-0.2, -0.15) is 0 Å². The molecule has 0 spiro atoms. The zero-order valence-corrected chi connectivity index (χ0v) is 13.2. The lowest BCUT2D eigenvalue weighted by Gasteiger charge is -2.09. The van der Waals surface area contributed by atoms with Gasteiger partial charge in [0.1, 0.15) is 5.75 Å². The number of hydrogen-bond donors (Lipinski definition) is 4. The molecule has 0 amide bonds. The minimum Gasteiger partial charge on any atom is -0.872 e. The van der Waals surface area contributed by atoms with E-state index in [4.69, 9.17) is 10.2 Å². The normalized spacial score (nSPS) is 9.84. The van der Waals surface area contributed by atoms with Crippen LogP contribution in [0.2, 0.25) is 0 Å². The fourth-order valence-electron chi connectivity index (χ4n) is 2.06. The second-order valence-corrected chi connectivity index (χ2v) is 4.86. The van der Waals surface area contributed by atoms with Crippen LogP contribution in [0.3, 0.4) is 0 Å². The Labute approximate surface area is 139 Å². The smallest absolute Gasteiger partial charge is 0.338 e. The summed E-state index contributed by atoms with van der Waals surface area (Å²) in [5.74, 6) is -2.59. The first-order chi connectivity index (χ1) is 11.2. The van der Waals surface area contributed by atoms with Crippen LogP contribution in [0.25, 0.3) is 11.2 Å². The van der Waals surface area contributed by atoms with E-state index >= 15 is 0 Å². The van der Waals surface area contributed by atoms with E-state index in [2.05, 4.69) is 9.97 Å². The molecule has 0 fully saturated rings. The Morgan fingerprint density at radius 3 is 2.48 bits per heavy atom. The number of aromatic nitrogens is 4. The van der Waals surface area contributed by atoms with E-state index in [1.807, 2.05) is 0 Å². The molecule has 0 saturated heterocycles. The lowest BCUT2D eigenvalue weighted by molar-refractivity contribution is -0.645. The standard InChI is InChI=1S/C7H8N4O2.C7H6O4.H2O/c1-10-3-8-5-4(10)6(12)9-7(13)11(5)2;8-4-2-1-3-5(9)6(4)7(10)11;/h3H,1-2H3,(H,9,12,13);1-3,8-9H,(H,10,11);1H2. The fourth-order valence-corrected chi connectivity index (χ4v) is 2.06. The summed E-state index contributed by atoms with van der Waals surface area (Å²) in [6.45, 7) is 0. The van der Waals surface area contributed by atoms with Crippen molar-refractivity contribution < 1.29 is 30.2 Å². The second kappa shape index (κ2) is 7.31. The summed E-state index contributed by atoms with van der Waals surface area (Å²) < 4.78 is 2.99. The zero-order valence-electron chi connectivity index (χ0n) is 13.2. The number of imidazole rings is 1. The van der Waals surface area contributed by atoms with Gasteiger partial charge in [0.25, 0.3) is 11.2 Å². The van der Waals surface area contributed by atoms with Gasteiger partial charge >= 0.3 is 17.2 Å². The number of aromatic carboxylic acids is 1. The highest BCUT2D eigenvalue weighted by atomic mass is 16.4. The van der Waals surface area contributed by atoms with Gasteiger partial charge in [-0.3, -0.25) is 14.3 Å². The third kappa shape index (κ3) is 3.67. The number of aryl methyl sites for hydroxylation is 2. The van der Waals surface area contributed by atoms with Gasteiger partial charge in [-0.15, -0.1) is 0 Å². The van der Waals surface area contributed by atoms with Crippen LogP contribution in [0.5, 0.6) is 11.5 Å². The summed E-state index contributed by atoms with van der Waals surface area (Å²) in [6.07, 6.45) is 1.62. The van der Waals surface area contributed by atoms with Gasteiger partial charge in [-0.1, -0.05) is 17.9 Å². The molecule has 2 aromatic heterocycles. The molecule has 134 valence electrons. The highest BCUT2D eigenvalue weighted by Gasteiger charge is 2.14. The summed E-state index contributed by atoms with van der Waals surface area (Å²) in [7, 11) is 3.33. The van der Waals surface area contributed by atoms with E-state index in [-0.39, 0.29) is 11.0 Å². The molecule has 0 unspecified atom stereocenters. The summed E-state index contributed by atoms with van der Waals surface area (Å²) >= 11 is 0. The number of aromatic amines is 2. The lowest BCUT2D eigenvalue weighted by Crippen LogP contribution is -2.36. The van der Waals surface area contributed by atoms with Crippen molar-refractivity contribution >= 4 is 17.1 Å². The van der Waals surface area contributed by atoms with E-state index in [0.29, 0.717) is 11.2 Å². The Morgan fingerprint density at radius 2 is 1.96 bits per heavy atom. The zero-order chi connectivity index (χ0) is 18.0. The number of H-pyrrole nitrogens is 2. The number of carboxylic acids is 1. The summed E-state index contributed by atoms with van der Waals surface area (Å²) in [6, 6.07) is 3.54. The van der Waals surface area contributed by atoms with Crippen molar-refractivity contribution in [2.24, 2.45) is 14.1 Å². The largest absolute Gasteiger partial charge is 0.872 e. The Balaban J connectivity index is 0.000000244. The van der Waals surface area contributed by atoms with E-state index in [1.165, 1.54) is 10.6 Å². The van der Waals surface area contributed by atoms with Gasteiger partial charge in [-0.05, 0) is 6.07 Å². The Bertz CT molecular complexity index is 1010. The van der Waals surface area contributed by atoms with Crippen molar-refractivity contribution in [2.45, 2.75) is 0 Å². The van der Waals surface area contributed by atoms with Gasteiger partial charge in [-0.25, -0.2) is 19.1 Å². The molecule has 2 heterocycles. The molecule has 0 aliphatic rings. The molecule has 0 bridgehead atoms. The molecule has 3 rings (SSSR count). The first-order valence-electron chi connectivity index (χ1n) is 6.62. The summed E-state index contributed by atoms with van der Waals surface area (Å²) in [5, 5.41) is 28.0. The van der Waals surface area contributed by atoms with Crippen LogP contribution in [0, 0.1) is 0 Å². The molecule has 0 radical (unpaired) electrons. The maximum atomic E-state index is 11.3. The third-order valence-corrected chi connectivity index (χ3v) is 3.27. The molecular weight excluding hydrogens is 336 g/mol. The van der Waals surface area contributed by atoms with Crippen LogP contribution in [0.15, 0.2) is 34.1 Å². The molecule has 0 saturated carbocycles. The maximum Gasteiger partial charge on any atom is 0.338 e. The highest BCUT2D eigenvalue weighted by molar-refractivity contribution is 5.93. The molecule has 1 aromatic carbocycles. The first kappa shape index (κ1) is 19.4. The number of benzene rings is 1. The van der Waals surface area contributed by atoms with E-state index in [9.17, 15) is 19.5 Å². The van der Waals surface area contributed by atoms with Crippen molar-refractivity contribution in [2.75, 3.05) is 0 Å². The monoisotopic (exact) mass is 352 g/mol. The number of hydrogen-bond acceptors (Lipinski definition) is 5. The van der Waals surface area contributed by atoms with Gasteiger partial charge in [0.2, 0.25) is 6.33 Å². The maximum absolute atomic E-state index is 11.3. The number of carbonyl (C=O) groups is 1. The fraction of sp³-hybridized carbons (Fsp3) is 0.143. The number of carboxylic acid groups (broad SMARTS) is 1. The second-order valence-electron chi connectivity index (χ2n) is 4.86. The van der Waals surface area contributed by atoms with Crippen molar-refractivity contribution in [1.82, 2.24) is 14.5 Å². The van der Waals surface area contributed by atoms with Crippen LogP contribution in [-0.2, 0) is 14.1 Å². The SMILES string of the molecule is Cn1c(=O)[nH]c(=O)c2c1[nH]c[n+]2C.O.O=C(O)c1c([O-])cccc1O. The van der Waals surface area contributed by atoms with Gasteiger partial charge < -0.3 is 20.8 Å². The Morgan fingerprint density at radius 1 is 1.32 bits per heavy atom. The Hall–Kier alpha value is -3.60. The van der Waals surface area contributed by atoms with Crippen LogP contribution >= 0.6 is 0 Å². The van der Waals surface area contributed by atoms with Crippen molar-refractivity contribution in [3.63, 3.8) is 0 Å². The van der Waals surface area contributed by atoms with Gasteiger partial charge in [0, 0.05) is 7.05 Å². The number of rotatable bonds is 1. The van der Waals surface area contributed by atoms with Crippen molar-refractivity contribution in [3.05, 3.63) is 50.9 Å². The molecule has 11 nitrogen and oxygen atoms in total. The summed E-state index contributed by atoms with van der Waals surface area (Å²) in [5.41, 5.74) is -0.382. The minimum absolute atomic E-state index is 0. The molecule has 11 heteroatoms. The number of fused-ring (bicyclic) bond motifs is 1. The van der Waals surface area contributed by atoms with Crippen LogP contribution in [0.1, 0.15) is 10.4 Å². The number of aromatic hydroxyl groups is 1. The summed E-state index contributed by atoms with van der Waals surface area (Å²) in [4.78, 5) is 37.8. The molecular formula is C14H16N4O7. The van der Waals surface area contributed by atoms with Crippen LogP contribution < -0.4 is 20.9 Å². The van der Waals surface area contributed by atoms with Gasteiger partial charge in [0.05, 0.1) is 12.6 Å².